The van der Waals surface area contributed by atoms with Crippen LogP contribution in [-0.2, 0) is 11.2 Å². The van der Waals surface area contributed by atoms with Crippen molar-refractivity contribution in [2.75, 3.05) is 0 Å². The van der Waals surface area contributed by atoms with Crippen LogP contribution in [0.2, 0.25) is 0 Å². The Morgan fingerprint density at radius 2 is 2.21 bits per heavy atom. The molecule has 0 aromatic heterocycles. The van der Waals surface area contributed by atoms with Gasteiger partial charge in [0.05, 0.1) is 0 Å². The van der Waals surface area contributed by atoms with E-state index in [1.54, 1.807) is 0 Å². The van der Waals surface area contributed by atoms with Gasteiger partial charge in [-0.3, -0.25) is 4.79 Å². The monoisotopic (exact) mass is 193 g/mol. The average Bonchev–Trinajstić information content (AvgIpc) is 2.16. The number of hydrogen-bond acceptors (Lipinski definition) is 2. The predicted molar refractivity (Wildman–Crippen MR) is 55.1 cm³/mol. The highest BCUT2D eigenvalue weighted by Crippen LogP contribution is 2.21. The Morgan fingerprint density at radius 1 is 1.57 bits per heavy atom. The second-order valence-electron chi connectivity index (χ2n) is 3.32. The lowest BCUT2D eigenvalue weighted by Crippen LogP contribution is -2.23. The summed E-state index contributed by atoms with van der Waals surface area (Å²) >= 11 is 0. The van der Waals surface area contributed by atoms with Crippen molar-refractivity contribution >= 4 is 5.97 Å². The Bertz CT molecular complexity index is 347. The van der Waals surface area contributed by atoms with Gasteiger partial charge in [0.25, 0.3) is 0 Å². The van der Waals surface area contributed by atoms with Crippen molar-refractivity contribution in [3.8, 4) is 0 Å². The van der Waals surface area contributed by atoms with Gasteiger partial charge in [0, 0.05) is 0 Å². The van der Waals surface area contributed by atoms with E-state index in [0.717, 1.165) is 23.1 Å². The van der Waals surface area contributed by atoms with Crippen LogP contribution in [0.4, 0.5) is 0 Å². The van der Waals surface area contributed by atoms with E-state index in [2.05, 4.69) is 0 Å². The first kappa shape index (κ1) is 10.7. The highest BCUT2D eigenvalue weighted by Gasteiger charge is 2.18. The lowest BCUT2D eigenvalue weighted by molar-refractivity contribution is -0.138. The Hall–Kier alpha value is -1.35. The molecule has 1 aromatic carbocycles. The third kappa shape index (κ3) is 1.93. The number of carboxylic acid groups (broad SMARTS) is 1. The quantitative estimate of drug-likeness (QED) is 0.767. The van der Waals surface area contributed by atoms with E-state index in [9.17, 15) is 4.79 Å². The van der Waals surface area contributed by atoms with Gasteiger partial charge in [0.15, 0.2) is 0 Å². The minimum absolute atomic E-state index is 0.752. The van der Waals surface area contributed by atoms with E-state index < -0.39 is 12.0 Å². The molecule has 0 fully saturated rings. The van der Waals surface area contributed by atoms with Crippen LogP contribution < -0.4 is 5.73 Å². The molecule has 0 spiro atoms. The zero-order valence-corrected chi connectivity index (χ0v) is 8.45. The minimum atomic E-state index is -0.978. The van der Waals surface area contributed by atoms with E-state index in [0.29, 0.717) is 0 Å². The van der Waals surface area contributed by atoms with Crippen molar-refractivity contribution in [3.05, 3.63) is 34.9 Å². The van der Waals surface area contributed by atoms with Gasteiger partial charge in [0.2, 0.25) is 0 Å². The van der Waals surface area contributed by atoms with Gasteiger partial charge >= 0.3 is 5.97 Å². The third-order valence-electron chi connectivity index (χ3n) is 2.37. The fraction of sp³-hybridized carbons (Fsp3) is 0.364. The van der Waals surface area contributed by atoms with Gasteiger partial charge in [-0.1, -0.05) is 25.1 Å². The zero-order valence-electron chi connectivity index (χ0n) is 8.45. The highest BCUT2D eigenvalue weighted by atomic mass is 16.4. The van der Waals surface area contributed by atoms with Gasteiger partial charge in [-0.2, -0.15) is 0 Å². The molecule has 3 N–H and O–H groups in total. The van der Waals surface area contributed by atoms with E-state index in [1.807, 2.05) is 32.0 Å². The summed E-state index contributed by atoms with van der Waals surface area (Å²) in [6.45, 7) is 3.88. The fourth-order valence-electron chi connectivity index (χ4n) is 1.62. The van der Waals surface area contributed by atoms with E-state index in [-0.39, 0.29) is 0 Å². The van der Waals surface area contributed by atoms with Crippen LogP contribution >= 0.6 is 0 Å². The van der Waals surface area contributed by atoms with Crippen molar-refractivity contribution in [2.24, 2.45) is 5.73 Å². The summed E-state index contributed by atoms with van der Waals surface area (Å²) in [6.07, 6.45) is 0.804. The molecule has 0 aliphatic rings. The van der Waals surface area contributed by atoms with Crippen LogP contribution in [-0.4, -0.2) is 11.1 Å². The molecule has 0 aliphatic carbocycles. The molecule has 3 heteroatoms. The lowest BCUT2D eigenvalue weighted by atomic mass is 9.94. The zero-order chi connectivity index (χ0) is 10.7. The molecule has 76 valence electrons. The van der Waals surface area contributed by atoms with Gasteiger partial charge < -0.3 is 10.8 Å². The Balaban J connectivity index is 3.23. The summed E-state index contributed by atoms with van der Waals surface area (Å²) in [6, 6.07) is 4.82. The van der Waals surface area contributed by atoms with Crippen LogP contribution in [0.5, 0.6) is 0 Å². The summed E-state index contributed by atoms with van der Waals surface area (Å²) in [5.74, 6) is -0.978. The fourth-order valence-corrected chi connectivity index (χ4v) is 1.62. The number of carbonyl (C=O) groups is 1. The largest absolute Gasteiger partial charge is 0.480 e. The Morgan fingerprint density at radius 3 is 2.71 bits per heavy atom. The summed E-state index contributed by atoms with van der Waals surface area (Å²) in [5, 5.41) is 8.85. The molecule has 0 bridgehead atoms. The molecule has 0 heterocycles. The second kappa shape index (κ2) is 4.24. The molecule has 14 heavy (non-hydrogen) atoms. The van der Waals surface area contributed by atoms with Gasteiger partial charge in [-0.15, -0.1) is 0 Å². The maximum absolute atomic E-state index is 10.8. The molecule has 1 aromatic rings. The van der Waals surface area contributed by atoms with Crippen LogP contribution in [0.15, 0.2) is 18.2 Å². The molecular formula is C11H15NO2. The summed E-state index contributed by atoms with van der Waals surface area (Å²) in [4.78, 5) is 10.8. The van der Waals surface area contributed by atoms with Crippen molar-refractivity contribution in [1.29, 1.82) is 0 Å². The van der Waals surface area contributed by atoms with Crippen molar-refractivity contribution < 1.29 is 9.90 Å². The molecular weight excluding hydrogens is 178 g/mol. The van der Waals surface area contributed by atoms with Crippen molar-refractivity contribution in [3.63, 3.8) is 0 Å². The van der Waals surface area contributed by atoms with Crippen LogP contribution in [0.3, 0.4) is 0 Å². The SMILES string of the molecule is CCc1cccc(C)c1C(N)C(=O)O. The molecule has 1 unspecified atom stereocenters. The highest BCUT2D eigenvalue weighted by molar-refractivity contribution is 5.76. The summed E-state index contributed by atoms with van der Waals surface area (Å²) < 4.78 is 0. The van der Waals surface area contributed by atoms with Crippen molar-refractivity contribution in [1.82, 2.24) is 0 Å². The van der Waals surface area contributed by atoms with E-state index >= 15 is 0 Å². The van der Waals surface area contributed by atoms with E-state index in [4.69, 9.17) is 10.8 Å². The van der Waals surface area contributed by atoms with Crippen LogP contribution in [0.1, 0.15) is 29.7 Å². The molecule has 3 nitrogen and oxygen atoms in total. The summed E-state index contributed by atoms with van der Waals surface area (Å²) in [7, 11) is 0. The molecule has 0 aliphatic heterocycles. The molecule has 0 saturated carbocycles. The van der Waals surface area contributed by atoms with Gasteiger partial charge in [-0.25, -0.2) is 0 Å². The lowest BCUT2D eigenvalue weighted by Gasteiger charge is -2.14. The number of hydrogen-bond donors (Lipinski definition) is 2. The van der Waals surface area contributed by atoms with E-state index in [1.165, 1.54) is 0 Å². The standard InChI is InChI=1S/C11H15NO2/c1-3-8-6-4-5-7(2)9(8)10(12)11(13)14/h4-6,10H,3,12H2,1-2H3,(H,13,14). The second-order valence-corrected chi connectivity index (χ2v) is 3.32. The molecule has 0 saturated heterocycles. The third-order valence-corrected chi connectivity index (χ3v) is 2.37. The molecule has 1 rings (SSSR count). The number of aliphatic carboxylic acids is 1. The molecule has 1 atom stereocenters. The van der Waals surface area contributed by atoms with Gasteiger partial charge in [0.1, 0.15) is 6.04 Å². The number of carboxylic acids is 1. The number of rotatable bonds is 3. The van der Waals surface area contributed by atoms with Crippen molar-refractivity contribution in [2.45, 2.75) is 26.3 Å². The normalized spacial score (nSPS) is 12.5. The maximum atomic E-state index is 10.8. The Kier molecular flexibility index (Phi) is 3.25. The first-order valence-electron chi connectivity index (χ1n) is 4.64. The van der Waals surface area contributed by atoms with Crippen LogP contribution in [0, 0.1) is 6.92 Å². The van der Waals surface area contributed by atoms with Gasteiger partial charge in [-0.05, 0) is 30.0 Å². The molecule has 0 amide bonds. The number of benzene rings is 1. The topological polar surface area (TPSA) is 63.3 Å². The minimum Gasteiger partial charge on any atom is -0.480 e. The maximum Gasteiger partial charge on any atom is 0.325 e. The number of aryl methyl sites for hydroxylation is 2. The predicted octanol–water partition coefficient (Wildman–Crippen LogP) is 1.64. The first-order valence-corrected chi connectivity index (χ1v) is 4.64. The Labute approximate surface area is 83.6 Å². The first-order chi connectivity index (χ1) is 6.57. The molecule has 0 radical (unpaired) electrons. The summed E-state index contributed by atoms with van der Waals surface area (Å²) in [5.41, 5.74) is 8.33. The average molecular weight is 193 g/mol. The number of nitrogens with two attached hydrogens (primary N) is 1. The van der Waals surface area contributed by atoms with Crippen LogP contribution in [0.25, 0.3) is 0 Å². The smallest absolute Gasteiger partial charge is 0.325 e.